The first-order valence-corrected chi connectivity index (χ1v) is 12.9. The average molecular weight is 553 g/mol. The fourth-order valence-electron chi connectivity index (χ4n) is 4.15. The lowest BCUT2D eigenvalue weighted by molar-refractivity contribution is -0.120. The molecule has 1 heterocycles. The molecule has 5 rings (SSSR count). The van der Waals surface area contributed by atoms with Crippen molar-refractivity contribution < 1.29 is 23.9 Å². The second-order valence-electron chi connectivity index (χ2n) is 9.19. The van der Waals surface area contributed by atoms with Crippen molar-refractivity contribution in [2.45, 2.75) is 20.5 Å². The Bertz CT molecular complexity index is 1610. The van der Waals surface area contributed by atoms with Crippen LogP contribution >= 0.6 is 11.6 Å². The van der Waals surface area contributed by atoms with Gasteiger partial charge in [-0.05, 0) is 85.1 Å². The molecule has 1 aliphatic rings. The number of nitrogens with one attached hydrogen (secondary N) is 1. The molecule has 1 aliphatic heterocycles. The number of esters is 1. The summed E-state index contributed by atoms with van der Waals surface area (Å²) >= 11 is 6.27. The Hall–Kier alpha value is -4.88. The molecule has 4 aromatic rings. The molecule has 4 aromatic carbocycles. The number of carbonyl (C=O) groups excluding carboxylic acids is 3. The second kappa shape index (κ2) is 11.5. The Balaban J connectivity index is 1.20. The van der Waals surface area contributed by atoms with E-state index < -0.39 is 17.8 Å². The molecule has 0 saturated heterocycles. The molecule has 8 heteroatoms. The lowest BCUT2D eigenvalue weighted by Gasteiger charge is -2.18. The summed E-state index contributed by atoms with van der Waals surface area (Å²) in [5.74, 6) is -0.668. The van der Waals surface area contributed by atoms with Gasteiger partial charge in [0.1, 0.15) is 28.8 Å². The van der Waals surface area contributed by atoms with Gasteiger partial charge in [-0.3, -0.25) is 9.59 Å². The van der Waals surface area contributed by atoms with E-state index in [1.165, 1.54) is 0 Å². The van der Waals surface area contributed by atoms with Crippen LogP contribution in [0.2, 0.25) is 0 Å². The van der Waals surface area contributed by atoms with Gasteiger partial charge in [-0.2, -0.15) is 0 Å². The van der Waals surface area contributed by atoms with E-state index in [-0.39, 0.29) is 10.7 Å². The highest BCUT2D eigenvalue weighted by molar-refractivity contribution is 6.53. The van der Waals surface area contributed by atoms with E-state index in [0.717, 1.165) is 21.6 Å². The Morgan fingerprint density at radius 2 is 1.48 bits per heavy atom. The number of amides is 2. The van der Waals surface area contributed by atoms with Crippen LogP contribution in [-0.2, 0) is 16.2 Å². The fraction of sp³-hybridized carbons (Fsp3) is 0.0938. The SMILES string of the molecule is Cc1cccc(N2C(=O)C(Cl)=C(Nc3ccc(C(=O)Oc4ccc(OCc5ccccc5)cc4)cc3)C2=O)c1C. The molecular weight excluding hydrogens is 528 g/mol. The highest BCUT2D eigenvalue weighted by atomic mass is 35.5. The van der Waals surface area contributed by atoms with Crippen molar-refractivity contribution in [1.29, 1.82) is 0 Å². The summed E-state index contributed by atoms with van der Waals surface area (Å²) < 4.78 is 11.2. The summed E-state index contributed by atoms with van der Waals surface area (Å²) in [5, 5.41) is 2.72. The predicted octanol–water partition coefficient (Wildman–Crippen LogP) is 6.54. The maximum atomic E-state index is 13.1. The number of imide groups is 1. The first-order chi connectivity index (χ1) is 19.3. The molecule has 0 bridgehead atoms. The van der Waals surface area contributed by atoms with Crippen LogP contribution in [0.4, 0.5) is 11.4 Å². The smallest absolute Gasteiger partial charge is 0.343 e. The van der Waals surface area contributed by atoms with Gasteiger partial charge >= 0.3 is 5.97 Å². The van der Waals surface area contributed by atoms with Crippen molar-refractivity contribution in [1.82, 2.24) is 0 Å². The van der Waals surface area contributed by atoms with Crippen molar-refractivity contribution in [3.63, 3.8) is 0 Å². The fourth-order valence-corrected chi connectivity index (χ4v) is 4.37. The van der Waals surface area contributed by atoms with Gasteiger partial charge in [-0.25, -0.2) is 9.69 Å². The quantitative estimate of drug-likeness (QED) is 0.152. The number of nitrogens with zero attached hydrogens (tertiary/aromatic N) is 1. The van der Waals surface area contributed by atoms with Gasteiger partial charge in [0.2, 0.25) is 0 Å². The van der Waals surface area contributed by atoms with Crippen LogP contribution in [0.25, 0.3) is 0 Å². The zero-order chi connectivity index (χ0) is 28.2. The summed E-state index contributed by atoms with van der Waals surface area (Å²) in [6.07, 6.45) is 0. The standard InChI is InChI=1S/C32H25ClN2O5/c1-20-7-6-10-27(21(20)2)35-30(36)28(33)29(31(35)37)34-24-13-11-23(12-14-24)32(38)40-26-17-15-25(16-18-26)39-19-22-8-4-3-5-9-22/h3-18,34H,19H2,1-2H3. The predicted molar refractivity (Wildman–Crippen MR) is 154 cm³/mol. The van der Waals surface area contributed by atoms with Crippen molar-refractivity contribution in [2.75, 3.05) is 10.2 Å². The second-order valence-corrected chi connectivity index (χ2v) is 9.57. The largest absolute Gasteiger partial charge is 0.489 e. The molecule has 0 aromatic heterocycles. The van der Waals surface area contributed by atoms with Crippen LogP contribution < -0.4 is 19.7 Å². The van der Waals surface area contributed by atoms with Gasteiger partial charge < -0.3 is 14.8 Å². The summed E-state index contributed by atoms with van der Waals surface area (Å²) in [7, 11) is 0. The van der Waals surface area contributed by atoms with Crippen LogP contribution in [0.5, 0.6) is 11.5 Å². The normalized spacial score (nSPS) is 13.0. The highest BCUT2D eigenvalue weighted by Gasteiger charge is 2.39. The topological polar surface area (TPSA) is 84.9 Å². The molecule has 1 N–H and O–H groups in total. The summed E-state index contributed by atoms with van der Waals surface area (Å²) in [6.45, 7) is 4.18. The third-order valence-electron chi connectivity index (χ3n) is 6.52. The van der Waals surface area contributed by atoms with Crippen LogP contribution in [0, 0.1) is 13.8 Å². The number of aryl methyl sites for hydroxylation is 1. The van der Waals surface area contributed by atoms with Crippen LogP contribution in [0.3, 0.4) is 0 Å². The Kier molecular flexibility index (Phi) is 7.66. The first kappa shape index (κ1) is 26.7. The molecule has 0 aliphatic carbocycles. The minimum atomic E-state index is -0.598. The summed E-state index contributed by atoms with van der Waals surface area (Å²) in [5.41, 5.74) is 4.06. The average Bonchev–Trinajstić information content (AvgIpc) is 3.18. The number of benzene rings is 4. The van der Waals surface area contributed by atoms with Gasteiger partial charge in [0.25, 0.3) is 11.8 Å². The molecule has 0 spiro atoms. The molecule has 2 amide bonds. The Morgan fingerprint density at radius 3 is 2.17 bits per heavy atom. The zero-order valence-electron chi connectivity index (χ0n) is 21.8. The number of hydrogen-bond donors (Lipinski definition) is 1. The van der Waals surface area contributed by atoms with E-state index in [2.05, 4.69) is 5.32 Å². The lowest BCUT2D eigenvalue weighted by Crippen LogP contribution is -2.33. The molecule has 7 nitrogen and oxygen atoms in total. The Labute approximate surface area is 236 Å². The van der Waals surface area contributed by atoms with Crippen LogP contribution in [0.15, 0.2) is 108 Å². The number of hydrogen-bond acceptors (Lipinski definition) is 6. The van der Waals surface area contributed by atoms with Crippen molar-refractivity contribution in [3.8, 4) is 11.5 Å². The molecule has 0 atom stereocenters. The number of ether oxygens (including phenoxy) is 2. The maximum Gasteiger partial charge on any atom is 0.343 e. The van der Waals surface area contributed by atoms with E-state index in [0.29, 0.717) is 35.0 Å². The van der Waals surface area contributed by atoms with E-state index in [1.807, 2.05) is 50.2 Å². The number of rotatable bonds is 8. The van der Waals surface area contributed by atoms with Gasteiger partial charge in [-0.15, -0.1) is 0 Å². The number of anilines is 2. The van der Waals surface area contributed by atoms with E-state index in [9.17, 15) is 14.4 Å². The van der Waals surface area contributed by atoms with E-state index >= 15 is 0 Å². The minimum absolute atomic E-state index is 0.0301. The third kappa shape index (κ3) is 5.60. The molecule has 0 saturated carbocycles. The lowest BCUT2D eigenvalue weighted by atomic mass is 10.1. The highest BCUT2D eigenvalue weighted by Crippen LogP contribution is 2.33. The molecule has 0 fully saturated rings. The zero-order valence-corrected chi connectivity index (χ0v) is 22.6. The van der Waals surface area contributed by atoms with Crippen molar-refractivity contribution >= 4 is 40.8 Å². The van der Waals surface area contributed by atoms with Gasteiger partial charge in [0.15, 0.2) is 0 Å². The van der Waals surface area contributed by atoms with Crippen molar-refractivity contribution in [2.24, 2.45) is 0 Å². The molecule has 0 radical (unpaired) electrons. The van der Waals surface area contributed by atoms with Crippen LogP contribution in [0.1, 0.15) is 27.0 Å². The summed E-state index contributed by atoms with van der Waals surface area (Å²) in [4.78, 5) is 39.7. The molecular formula is C32H25ClN2O5. The third-order valence-corrected chi connectivity index (χ3v) is 6.87. The van der Waals surface area contributed by atoms with E-state index in [4.69, 9.17) is 21.1 Å². The maximum absolute atomic E-state index is 13.1. The van der Waals surface area contributed by atoms with Gasteiger partial charge in [-0.1, -0.05) is 54.1 Å². The number of carbonyl (C=O) groups is 3. The molecule has 200 valence electrons. The number of halogens is 1. The monoisotopic (exact) mass is 552 g/mol. The molecule has 0 unspecified atom stereocenters. The molecule has 40 heavy (non-hydrogen) atoms. The van der Waals surface area contributed by atoms with Gasteiger partial charge in [0, 0.05) is 5.69 Å². The minimum Gasteiger partial charge on any atom is -0.489 e. The van der Waals surface area contributed by atoms with Crippen LogP contribution in [-0.4, -0.2) is 17.8 Å². The first-order valence-electron chi connectivity index (χ1n) is 12.5. The van der Waals surface area contributed by atoms with E-state index in [1.54, 1.807) is 60.7 Å². The summed E-state index contributed by atoms with van der Waals surface area (Å²) in [6, 6.07) is 28.3. The Morgan fingerprint density at radius 1 is 0.800 bits per heavy atom. The van der Waals surface area contributed by atoms with Gasteiger partial charge in [0.05, 0.1) is 11.3 Å². The van der Waals surface area contributed by atoms with Crippen molar-refractivity contribution in [3.05, 3.63) is 130 Å².